The summed E-state index contributed by atoms with van der Waals surface area (Å²) >= 11 is 0. The first-order chi connectivity index (χ1) is 13.2. The topological polar surface area (TPSA) is 65.1 Å². The van der Waals surface area contributed by atoms with Gasteiger partial charge in [0, 0.05) is 38.3 Å². The fourth-order valence-electron chi connectivity index (χ4n) is 3.40. The van der Waals surface area contributed by atoms with Gasteiger partial charge in [-0.15, -0.1) is 10.2 Å². The van der Waals surface area contributed by atoms with Gasteiger partial charge in [-0.25, -0.2) is 0 Å². The quantitative estimate of drug-likeness (QED) is 0.773. The Bertz CT molecular complexity index is 962. The lowest BCUT2D eigenvalue weighted by molar-refractivity contribution is 0.631. The van der Waals surface area contributed by atoms with Crippen molar-refractivity contribution in [3.05, 3.63) is 81.8 Å². The van der Waals surface area contributed by atoms with Crippen LogP contribution < -0.4 is 15.4 Å². The monoisotopic (exact) mass is 361 g/mol. The van der Waals surface area contributed by atoms with Crippen LogP contribution in [-0.2, 0) is 6.42 Å². The normalized spacial score (nSPS) is 14.4. The van der Waals surface area contributed by atoms with Crippen molar-refractivity contribution in [1.29, 1.82) is 0 Å². The minimum atomic E-state index is -0.162. The van der Waals surface area contributed by atoms with Crippen molar-refractivity contribution >= 4 is 11.6 Å². The number of H-pyrrole nitrogens is 1. The Balaban J connectivity index is 1.43. The number of hydrogen-bond acceptors (Lipinski definition) is 5. The van der Waals surface area contributed by atoms with Crippen LogP contribution in [0.4, 0.5) is 11.6 Å². The first-order valence-electron chi connectivity index (χ1n) is 9.25. The van der Waals surface area contributed by atoms with E-state index in [0.717, 1.165) is 31.7 Å². The van der Waals surface area contributed by atoms with Crippen LogP contribution in [0.3, 0.4) is 0 Å². The molecule has 2 aromatic carbocycles. The number of nitrogens with one attached hydrogen (secondary N) is 1. The standard InChI is InChI=1S/C21H23N5O/c1-16-6-5-9-18(14-16)25-10-12-26(13-11-25)21-22-20(27)19(23-24-21)15-17-7-3-2-4-8-17/h2-9,14H,10-13,15H2,1H3,(H,22,24,27). The average molecular weight is 361 g/mol. The SMILES string of the molecule is Cc1cccc(N2CCN(c3nnc(Cc4ccccc4)c(=O)[nH]3)CC2)c1. The van der Waals surface area contributed by atoms with Crippen molar-refractivity contribution < 1.29 is 0 Å². The Morgan fingerprint density at radius 3 is 2.37 bits per heavy atom. The largest absolute Gasteiger partial charge is 0.368 e. The highest BCUT2D eigenvalue weighted by molar-refractivity contribution is 5.50. The Hall–Kier alpha value is -3.15. The molecule has 1 fully saturated rings. The molecule has 138 valence electrons. The lowest BCUT2D eigenvalue weighted by Crippen LogP contribution is -2.47. The maximum Gasteiger partial charge on any atom is 0.274 e. The molecule has 0 saturated carbocycles. The van der Waals surface area contributed by atoms with Crippen LogP contribution in [0.5, 0.6) is 0 Å². The highest BCUT2D eigenvalue weighted by atomic mass is 16.1. The molecule has 0 amide bonds. The van der Waals surface area contributed by atoms with Gasteiger partial charge >= 0.3 is 0 Å². The van der Waals surface area contributed by atoms with Crippen molar-refractivity contribution in [3.8, 4) is 0 Å². The molecule has 1 aliphatic rings. The van der Waals surface area contributed by atoms with Crippen LogP contribution in [-0.4, -0.2) is 41.4 Å². The average Bonchev–Trinajstić information content (AvgIpc) is 2.70. The molecule has 0 bridgehead atoms. The van der Waals surface area contributed by atoms with E-state index >= 15 is 0 Å². The molecule has 27 heavy (non-hydrogen) atoms. The van der Waals surface area contributed by atoms with Crippen LogP contribution in [0.25, 0.3) is 0 Å². The summed E-state index contributed by atoms with van der Waals surface area (Å²) in [5, 5.41) is 8.46. The lowest BCUT2D eigenvalue weighted by Gasteiger charge is -2.36. The second-order valence-electron chi connectivity index (χ2n) is 6.90. The maximum atomic E-state index is 12.4. The van der Waals surface area contributed by atoms with Crippen molar-refractivity contribution in [2.24, 2.45) is 0 Å². The van der Waals surface area contributed by atoms with Gasteiger partial charge in [-0.1, -0.05) is 42.5 Å². The zero-order valence-electron chi connectivity index (χ0n) is 15.4. The molecular formula is C21H23N5O. The molecule has 1 N–H and O–H groups in total. The van der Waals surface area contributed by atoms with E-state index in [9.17, 15) is 4.79 Å². The summed E-state index contributed by atoms with van der Waals surface area (Å²) in [6.07, 6.45) is 0.491. The summed E-state index contributed by atoms with van der Waals surface area (Å²) in [6, 6.07) is 18.4. The molecule has 0 aliphatic carbocycles. The first-order valence-corrected chi connectivity index (χ1v) is 9.25. The minimum absolute atomic E-state index is 0.162. The van der Waals surface area contributed by atoms with Crippen LogP contribution in [0.1, 0.15) is 16.8 Å². The van der Waals surface area contributed by atoms with Gasteiger partial charge in [0.1, 0.15) is 5.69 Å². The summed E-state index contributed by atoms with van der Waals surface area (Å²) in [5.74, 6) is 0.556. The highest BCUT2D eigenvalue weighted by Crippen LogP contribution is 2.19. The molecule has 0 radical (unpaired) electrons. The zero-order valence-corrected chi connectivity index (χ0v) is 15.4. The van der Waals surface area contributed by atoms with Gasteiger partial charge in [0.2, 0.25) is 5.95 Å². The van der Waals surface area contributed by atoms with E-state index in [0.29, 0.717) is 18.1 Å². The van der Waals surface area contributed by atoms with E-state index in [1.165, 1.54) is 11.3 Å². The molecule has 6 nitrogen and oxygen atoms in total. The number of aromatic amines is 1. The molecule has 4 rings (SSSR count). The molecule has 0 spiro atoms. The molecule has 0 atom stereocenters. The number of nitrogens with zero attached hydrogens (tertiary/aromatic N) is 4. The van der Waals surface area contributed by atoms with Gasteiger partial charge in [-0.05, 0) is 30.2 Å². The Morgan fingerprint density at radius 2 is 1.67 bits per heavy atom. The van der Waals surface area contributed by atoms with Crippen molar-refractivity contribution in [2.45, 2.75) is 13.3 Å². The van der Waals surface area contributed by atoms with E-state index in [1.54, 1.807) is 0 Å². The van der Waals surface area contributed by atoms with Crippen molar-refractivity contribution in [1.82, 2.24) is 15.2 Å². The smallest absolute Gasteiger partial charge is 0.274 e. The van der Waals surface area contributed by atoms with Crippen molar-refractivity contribution in [3.63, 3.8) is 0 Å². The lowest BCUT2D eigenvalue weighted by atomic mass is 10.1. The molecule has 2 heterocycles. The third-order valence-corrected chi connectivity index (χ3v) is 4.91. The van der Waals surface area contributed by atoms with Gasteiger partial charge in [0.05, 0.1) is 0 Å². The number of benzene rings is 2. The van der Waals surface area contributed by atoms with Crippen LogP contribution in [0, 0.1) is 6.92 Å². The molecule has 3 aromatic rings. The Labute approximate surface area is 158 Å². The van der Waals surface area contributed by atoms with E-state index in [-0.39, 0.29) is 5.56 Å². The summed E-state index contributed by atoms with van der Waals surface area (Å²) in [6.45, 7) is 5.49. The van der Waals surface area contributed by atoms with E-state index in [2.05, 4.69) is 56.2 Å². The Kier molecular flexibility index (Phi) is 4.87. The van der Waals surface area contributed by atoms with Crippen LogP contribution in [0.15, 0.2) is 59.4 Å². The first kappa shape index (κ1) is 17.3. The Morgan fingerprint density at radius 1 is 0.926 bits per heavy atom. The van der Waals surface area contributed by atoms with Gasteiger partial charge < -0.3 is 9.80 Å². The number of aryl methyl sites for hydroxylation is 1. The molecule has 0 unspecified atom stereocenters. The molecular weight excluding hydrogens is 338 g/mol. The predicted octanol–water partition coefficient (Wildman–Crippen LogP) is 2.39. The van der Waals surface area contributed by atoms with Gasteiger partial charge in [0.15, 0.2) is 0 Å². The number of anilines is 2. The third kappa shape index (κ3) is 4.00. The molecule has 1 aliphatic heterocycles. The molecule has 1 saturated heterocycles. The summed E-state index contributed by atoms with van der Waals surface area (Å²) in [4.78, 5) is 19.8. The fraction of sp³-hybridized carbons (Fsp3) is 0.286. The van der Waals surface area contributed by atoms with Gasteiger partial charge in [0.25, 0.3) is 5.56 Å². The number of rotatable bonds is 4. The summed E-state index contributed by atoms with van der Waals surface area (Å²) in [5.41, 5.74) is 3.84. The van der Waals surface area contributed by atoms with Crippen LogP contribution >= 0.6 is 0 Å². The number of piperazine rings is 1. The van der Waals surface area contributed by atoms with Gasteiger partial charge in [-0.3, -0.25) is 9.78 Å². The van der Waals surface area contributed by atoms with E-state index in [4.69, 9.17) is 0 Å². The fourth-order valence-corrected chi connectivity index (χ4v) is 3.40. The maximum absolute atomic E-state index is 12.4. The molecule has 1 aromatic heterocycles. The van der Waals surface area contributed by atoms with Crippen LogP contribution in [0.2, 0.25) is 0 Å². The predicted molar refractivity (Wildman–Crippen MR) is 108 cm³/mol. The minimum Gasteiger partial charge on any atom is -0.368 e. The van der Waals surface area contributed by atoms with E-state index < -0.39 is 0 Å². The third-order valence-electron chi connectivity index (χ3n) is 4.91. The highest BCUT2D eigenvalue weighted by Gasteiger charge is 2.20. The van der Waals surface area contributed by atoms with E-state index in [1.807, 2.05) is 30.3 Å². The zero-order chi connectivity index (χ0) is 18.6. The second-order valence-corrected chi connectivity index (χ2v) is 6.90. The van der Waals surface area contributed by atoms with Gasteiger partial charge in [-0.2, -0.15) is 0 Å². The number of aromatic nitrogens is 3. The number of hydrogen-bond donors (Lipinski definition) is 1. The summed E-state index contributed by atoms with van der Waals surface area (Å²) in [7, 11) is 0. The summed E-state index contributed by atoms with van der Waals surface area (Å²) < 4.78 is 0. The molecule has 6 heteroatoms. The second kappa shape index (κ2) is 7.61. The van der Waals surface area contributed by atoms with Crippen molar-refractivity contribution in [2.75, 3.05) is 36.0 Å².